The Morgan fingerprint density at radius 2 is 0.600 bits per heavy atom. The van der Waals surface area contributed by atoms with Gasteiger partial charge in [0.05, 0.1) is 0 Å². The maximum absolute atomic E-state index is 4.90. The zero-order valence-corrected chi connectivity index (χ0v) is 7.39. The fraction of sp³-hybridized carbons (Fsp3) is 0. The first-order valence-electron chi connectivity index (χ1n) is 0.535. The van der Waals surface area contributed by atoms with Gasteiger partial charge < -0.3 is 51.0 Å². The molecule has 0 heterocycles. The molecule has 0 aliphatic heterocycles. The average Bonchev–Trinajstić information content (AvgIpc) is 0.918. The van der Waals surface area contributed by atoms with Gasteiger partial charge in [-0.05, 0) is 0 Å². The van der Waals surface area contributed by atoms with Crippen molar-refractivity contribution in [1.82, 2.24) is 0 Å². The summed E-state index contributed by atoms with van der Waals surface area (Å²) in [5.74, 6) is 0. The summed E-state index contributed by atoms with van der Waals surface area (Å²) in [6.07, 6.45) is 0. The zero-order valence-electron chi connectivity index (χ0n) is 4.46. The minimum atomic E-state index is -0.639. The molecule has 0 radical (unpaired) electrons. The summed E-state index contributed by atoms with van der Waals surface area (Å²) >= 11 is -0.639. The summed E-state index contributed by atoms with van der Waals surface area (Å²) in [4.78, 5) is 0. The second-order valence-electron chi connectivity index (χ2n) is 0.101. The summed E-state index contributed by atoms with van der Waals surface area (Å²) in [5, 5.41) is 0. The summed E-state index contributed by atoms with van der Waals surface area (Å²) in [6, 6.07) is 0. The fourth-order valence-corrected chi connectivity index (χ4v) is 0. The Hall–Kier alpha value is 2.74. The molecule has 0 unspecified atom stereocenters. The fourth-order valence-electron chi connectivity index (χ4n) is 0. The number of hydrogen-bond donors (Lipinski definition) is 0. The van der Waals surface area contributed by atoms with Crippen LogP contribution in [0.1, 0.15) is 0 Å². The Morgan fingerprint density at radius 3 is 0.600 bits per heavy atom. The molecule has 0 fully saturated rings. The normalized spacial score (nSPS) is 1.00. The number of hydrogen-bond acceptors (Lipinski definition) is 0. The van der Waals surface area contributed by atoms with Crippen LogP contribution in [0, 0.1) is 0 Å². The number of rotatable bonds is 0. The van der Waals surface area contributed by atoms with Gasteiger partial charge in [-0.1, -0.05) is 0 Å². The van der Waals surface area contributed by atoms with E-state index in [-0.39, 0.29) is 84.2 Å². The Balaban J connectivity index is -0.000000000952. The van der Waals surface area contributed by atoms with E-state index < -0.39 is 18.2 Å². The van der Waals surface area contributed by atoms with Crippen LogP contribution in [0.25, 0.3) is 0 Å². The molecule has 10 heteroatoms. The van der Waals surface area contributed by atoms with Crippen molar-refractivity contribution >= 4 is 87.7 Å². The molecule has 0 aromatic heterocycles. The van der Waals surface area contributed by atoms with E-state index in [9.17, 15) is 0 Å². The van der Waals surface area contributed by atoms with Crippen molar-refractivity contribution in [1.29, 1.82) is 0 Å². The first-order chi connectivity index (χ1) is 1.41. The van der Waals surface area contributed by atoms with Crippen LogP contribution in [0.2, 0.25) is 0 Å². The Kier molecular flexibility index (Phi) is 756. The standard InChI is InChI=1S/2ClH.K.Mg.6H2O.H/h2*1H;;;6*1H2;/q;;;+2;;;;;;;/p-2. The van der Waals surface area contributed by atoms with E-state index >= 15 is 0 Å². The zero-order chi connectivity index (χ0) is 2.71. The Morgan fingerprint density at radius 1 is 0.600 bits per heavy atom. The Labute approximate surface area is 118 Å². The van der Waals surface area contributed by atoms with E-state index in [4.69, 9.17) is 18.1 Å². The van der Waals surface area contributed by atoms with Crippen LogP contribution in [0.15, 0.2) is 0 Å². The SMILES string of the molecule is O.O.O.O.O.O.[Cl][Mg][Cl].[KH]. The van der Waals surface area contributed by atoms with Gasteiger partial charge in [0.15, 0.2) is 0 Å². The van der Waals surface area contributed by atoms with E-state index in [1.54, 1.807) is 0 Å². The van der Waals surface area contributed by atoms with Crippen LogP contribution in [0.4, 0.5) is 0 Å². The van der Waals surface area contributed by atoms with Crippen molar-refractivity contribution in [3.05, 3.63) is 0 Å². The van der Waals surface area contributed by atoms with Crippen LogP contribution in [0.3, 0.4) is 0 Å². The van der Waals surface area contributed by atoms with Gasteiger partial charge in [-0.3, -0.25) is 0 Å². The molecule has 0 saturated heterocycles. The van der Waals surface area contributed by atoms with Crippen LogP contribution in [0.5, 0.6) is 0 Å². The molecule has 0 aromatic rings. The quantitative estimate of drug-likeness (QED) is 0.370. The van der Waals surface area contributed by atoms with Gasteiger partial charge in [-0.25, -0.2) is 0 Å². The summed E-state index contributed by atoms with van der Waals surface area (Å²) < 4.78 is 0. The van der Waals surface area contributed by atoms with Gasteiger partial charge in [0, 0.05) is 0 Å². The van der Waals surface area contributed by atoms with Gasteiger partial charge in [-0.2, -0.15) is 0 Å². The Bertz CT molecular complexity index is 15.7. The topological polar surface area (TPSA) is 189 Å². The van der Waals surface area contributed by atoms with Crippen molar-refractivity contribution in [2.24, 2.45) is 0 Å². The third-order valence-electron chi connectivity index (χ3n) is 0. The van der Waals surface area contributed by atoms with E-state index in [1.165, 1.54) is 0 Å². The molecular formula is H13Cl2KMgO6. The van der Waals surface area contributed by atoms with Gasteiger partial charge in [-0.15, -0.1) is 0 Å². The van der Waals surface area contributed by atoms with Gasteiger partial charge in [0.1, 0.15) is 0 Å². The molecule has 0 atom stereocenters. The summed E-state index contributed by atoms with van der Waals surface area (Å²) in [5.41, 5.74) is 0. The summed E-state index contributed by atoms with van der Waals surface area (Å²) in [6.45, 7) is 0. The average molecular weight is 243 g/mol. The second-order valence-corrected chi connectivity index (χ2v) is 2.73. The van der Waals surface area contributed by atoms with Crippen LogP contribution in [-0.2, 0) is 0 Å². The van der Waals surface area contributed by atoms with Crippen molar-refractivity contribution in [3.8, 4) is 0 Å². The molecule has 0 saturated carbocycles. The second kappa shape index (κ2) is 96.7. The van der Waals surface area contributed by atoms with Crippen LogP contribution in [-0.4, -0.2) is 102 Å². The van der Waals surface area contributed by atoms with E-state index in [0.29, 0.717) is 0 Å². The molecule has 12 N–H and O–H groups in total. The molecule has 0 amide bonds. The van der Waals surface area contributed by atoms with Crippen LogP contribution < -0.4 is 0 Å². The maximum atomic E-state index is 4.90. The molecule has 0 aliphatic rings. The molecular weight excluding hydrogens is 230 g/mol. The van der Waals surface area contributed by atoms with Gasteiger partial charge >= 0.3 is 69.5 Å². The van der Waals surface area contributed by atoms with Crippen molar-refractivity contribution in [2.75, 3.05) is 0 Å². The minimum absolute atomic E-state index is 0. The first kappa shape index (κ1) is 78.1. The molecule has 66 valence electrons. The summed E-state index contributed by atoms with van der Waals surface area (Å²) in [7, 11) is 9.81. The van der Waals surface area contributed by atoms with Crippen molar-refractivity contribution < 1.29 is 32.9 Å². The predicted octanol–water partition coefficient (Wildman–Crippen LogP) is -4.60. The van der Waals surface area contributed by atoms with E-state index in [2.05, 4.69) is 0 Å². The molecule has 0 spiro atoms. The molecule has 0 aliphatic carbocycles. The van der Waals surface area contributed by atoms with E-state index in [0.717, 1.165) is 0 Å². The van der Waals surface area contributed by atoms with Gasteiger partial charge in [0.25, 0.3) is 0 Å². The predicted molar refractivity (Wildman–Crippen MR) is 46.3 cm³/mol. The molecule has 0 bridgehead atoms. The third-order valence-corrected chi connectivity index (χ3v) is 0. The van der Waals surface area contributed by atoms with E-state index in [1.807, 2.05) is 0 Å². The van der Waals surface area contributed by atoms with Gasteiger partial charge in [0.2, 0.25) is 0 Å². The monoisotopic (exact) mass is 242 g/mol. The first-order valence-corrected chi connectivity index (χ1v) is 4.81. The molecule has 10 heavy (non-hydrogen) atoms. The van der Waals surface area contributed by atoms with Crippen LogP contribution >= 0.6 is 18.1 Å². The number of halogens is 2. The molecule has 6 nitrogen and oxygen atoms in total. The van der Waals surface area contributed by atoms with Crippen molar-refractivity contribution in [2.45, 2.75) is 0 Å². The molecule has 0 rings (SSSR count). The van der Waals surface area contributed by atoms with Crippen molar-refractivity contribution in [3.63, 3.8) is 0 Å². The molecule has 0 aromatic carbocycles. The third kappa shape index (κ3) is 136.